The molecule has 1 aromatic rings. The smallest absolute Gasteiger partial charge is 0.123 e. The lowest BCUT2D eigenvalue weighted by Gasteiger charge is -2.13. The highest BCUT2D eigenvalue weighted by Crippen LogP contribution is 2.12. The van der Waals surface area contributed by atoms with Crippen molar-refractivity contribution in [3.8, 4) is 0 Å². The fourth-order valence-electron chi connectivity index (χ4n) is 1.28. The van der Waals surface area contributed by atoms with Gasteiger partial charge in [0.15, 0.2) is 0 Å². The van der Waals surface area contributed by atoms with E-state index in [1.54, 1.807) is 6.07 Å². The molecule has 0 aliphatic heterocycles. The van der Waals surface area contributed by atoms with Crippen LogP contribution in [0.25, 0.3) is 0 Å². The third-order valence-electron chi connectivity index (χ3n) is 1.87. The van der Waals surface area contributed by atoms with Crippen molar-refractivity contribution in [3.63, 3.8) is 0 Å². The first kappa shape index (κ1) is 10.2. The number of benzene rings is 1. The van der Waals surface area contributed by atoms with Crippen molar-refractivity contribution in [2.45, 2.75) is 13.1 Å². The molecule has 0 saturated heterocycles. The Morgan fingerprint density at radius 3 is 2.54 bits per heavy atom. The van der Waals surface area contributed by atoms with Crippen LogP contribution in [0.15, 0.2) is 18.2 Å². The quantitative estimate of drug-likeness (QED) is 0.764. The van der Waals surface area contributed by atoms with Gasteiger partial charge < -0.3 is 10.6 Å². The summed E-state index contributed by atoms with van der Waals surface area (Å²) in [5, 5.41) is 0. The minimum Gasteiger partial charge on any atom is -0.326 e. The first-order chi connectivity index (χ1) is 6.13. The van der Waals surface area contributed by atoms with Crippen molar-refractivity contribution in [3.05, 3.63) is 35.1 Å². The second kappa shape index (κ2) is 4.35. The molecule has 0 saturated carbocycles. The molecule has 72 valence electrons. The maximum Gasteiger partial charge on any atom is 0.123 e. The summed E-state index contributed by atoms with van der Waals surface area (Å²) in [6.45, 7) is 1.19. The lowest BCUT2D eigenvalue weighted by molar-refractivity contribution is 0.400. The number of halogens is 1. The van der Waals surface area contributed by atoms with Gasteiger partial charge in [0.2, 0.25) is 0 Å². The highest BCUT2D eigenvalue weighted by atomic mass is 19.1. The van der Waals surface area contributed by atoms with Crippen LogP contribution in [0.2, 0.25) is 0 Å². The third kappa shape index (κ3) is 2.79. The lowest BCUT2D eigenvalue weighted by atomic mass is 10.1. The summed E-state index contributed by atoms with van der Waals surface area (Å²) in [6, 6.07) is 4.76. The van der Waals surface area contributed by atoms with E-state index < -0.39 is 0 Å². The second-order valence-electron chi connectivity index (χ2n) is 3.35. The number of nitrogens with zero attached hydrogens (tertiary/aromatic N) is 1. The van der Waals surface area contributed by atoms with E-state index in [9.17, 15) is 4.39 Å². The lowest BCUT2D eigenvalue weighted by Crippen LogP contribution is -2.13. The van der Waals surface area contributed by atoms with Crippen molar-refractivity contribution in [2.24, 2.45) is 5.73 Å². The van der Waals surface area contributed by atoms with Gasteiger partial charge in [-0.15, -0.1) is 0 Å². The molecule has 0 spiro atoms. The molecule has 1 rings (SSSR count). The van der Waals surface area contributed by atoms with Gasteiger partial charge in [-0.2, -0.15) is 0 Å². The number of hydrogen-bond donors (Lipinski definition) is 1. The molecule has 0 amide bonds. The molecule has 2 N–H and O–H groups in total. The van der Waals surface area contributed by atoms with Crippen LogP contribution in [0.5, 0.6) is 0 Å². The molecule has 0 aromatic heterocycles. The van der Waals surface area contributed by atoms with Crippen LogP contribution in [0.1, 0.15) is 11.1 Å². The van der Waals surface area contributed by atoms with Gasteiger partial charge in [0, 0.05) is 13.1 Å². The Labute approximate surface area is 78.2 Å². The first-order valence-corrected chi connectivity index (χ1v) is 4.25. The predicted octanol–water partition coefficient (Wildman–Crippen LogP) is 1.35. The SMILES string of the molecule is CN(C)Cc1ccc(F)cc1CN. The highest BCUT2D eigenvalue weighted by Gasteiger charge is 2.03. The molecule has 0 aliphatic carbocycles. The van der Waals surface area contributed by atoms with Gasteiger partial charge >= 0.3 is 0 Å². The maximum atomic E-state index is 12.8. The van der Waals surface area contributed by atoms with E-state index in [0.29, 0.717) is 6.54 Å². The van der Waals surface area contributed by atoms with E-state index in [-0.39, 0.29) is 5.82 Å². The summed E-state index contributed by atoms with van der Waals surface area (Å²) in [4.78, 5) is 2.03. The Hall–Kier alpha value is -0.930. The van der Waals surface area contributed by atoms with Gasteiger partial charge in [0.25, 0.3) is 0 Å². The Bertz CT molecular complexity index is 284. The molecular formula is C10H15FN2. The zero-order valence-corrected chi connectivity index (χ0v) is 8.05. The van der Waals surface area contributed by atoms with Gasteiger partial charge in [-0.25, -0.2) is 4.39 Å². The molecule has 13 heavy (non-hydrogen) atoms. The fraction of sp³-hybridized carbons (Fsp3) is 0.400. The molecule has 0 radical (unpaired) electrons. The Balaban J connectivity index is 2.92. The maximum absolute atomic E-state index is 12.8. The molecule has 3 heteroatoms. The number of nitrogens with two attached hydrogens (primary N) is 1. The Kier molecular flexibility index (Phi) is 3.39. The van der Waals surface area contributed by atoms with Gasteiger partial charge in [0.1, 0.15) is 5.82 Å². The van der Waals surface area contributed by atoms with Crippen LogP contribution in [0.3, 0.4) is 0 Å². The molecule has 0 unspecified atom stereocenters. The summed E-state index contributed by atoms with van der Waals surface area (Å²) in [5.41, 5.74) is 7.48. The van der Waals surface area contributed by atoms with Crippen LogP contribution >= 0.6 is 0 Å². The van der Waals surface area contributed by atoms with Crippen LogP contribution in [0, 0.1) is 5.82 Å². The zero-order chi connectivity index (χ0) is 9.84. The number of hydrogen-bond acceptors (Lipinski definition) is 2. The van der Waals surface area contributed by atoms with E-state index >= 15 is 0 Å². The fourth-order valence-corrected chi connectivity index (χ4v) is 1.28. The average molecular weight is 182 g/mol. The monoisotopic (exact) mass is 182 g/mol. The Morgan fingerprint density at radius 1 is 1.31 bits per heavy atom. The summed E-state index contributed by atoms with van der Waals surface area (Å²) >= 11 is 0. The molecular weight excluding hydrogens is 167 g/mol. The molecule has 0 atom stereocenters. The van der Waals surface area contributed by atoms with Crippen LogP contribution < -0.4 is 5.73 Å². The van der Waals surface area contributed by atoms with Gasteiger partial charge in [0.05, 0.1) is 0 Å². The van der Waals surface area contributed by atoms with Crippen LogP contribution in [0.4, 0.5) is 4.39 Å². The molecule has 0 fully saturated rings. The first-order valence-electron chi connectivity index (χ1n) is 4.25. The second-order valence-corrected chi connectivity index (χ2v) is 3.35. The van der Waals surface area contributed by atoms with Crippen LogP contribution in [-0.4, -0.2) is 19.0 Å². The normalized spacial score (nSPS) is 10.8. The summed E-state index contributed by atoms with van der Waals surface area (Å²) in [6.07, 6.45) is 0. The molecule has 0 heterocycles. The van der Waals surface area contributed by atoms with Crippen molar-refractivity contribution < 1.29 is 4.39 Å². The molecule has 2 nitrogen and oxygen atoms in total. The molecule has 1 aromatic carbocycles. The largest absolute Gasteiger partial charge is 0.326 e. The van der Waals surface area contributed by atoms with Crippen LogP contribution in [-0.2, 0) is 13.1 Å². The van der Waals surface area contributed by atoms with Crippen molar-refractivity contribution in [1.29, 1.82) is 0 Å². The average Bonchev–Trinajstić information content (AvgIpc) is 2.07. The summed E-state index contributed by atoms with van der Waals surface area (Å²) in [7, 11) is 3.95. The molecule has 0 bridgehead atoms. The highest BCUT2D eigenvalue weighted by molar-refractivity contribution is 5.27. The van der Waals surface area contributed by atoms with Crippen molar-refractivity contribution in [2.75, 3.05) is 14.1 Å². The van der Waals surface area contributed by atoms with E-state index in [2.05, 4.69) is 0 Å². The van der Waals surface area contributed by atoms with E-state index in [1.807, 2.05) is 19.0 Å². The summed E-state index contributed by atoms with van der Waals surface area (Å²) in [5.74, 6) is -0.219. The van der Waals surface area contributed by atoms with E-state index in [1.165, 1.54) is 12.1 Å². The van der Waals surface area contributed by atoms with E-state index in [4.69, 9.17) is 5.73 Å². The Morgan fingerprint density at radius 2 is 2.00 bits per heavy atom. The summed E-state index contributed by atoms with van der Waals surface area (Å²) < 4.78 is 12.8. The molecule has 0 aliphatic rings. The predicted molar refractivity (Wildman–Crippen MR) is 51.7 cm³/mol. The number of rotatable bonds is 3. The minimum atomic E-state index is -0.219. The van der Waals surface area contributed by atoms with Crippen molar-refractivity contribution in [1.82, 2.24) is 4.90 Å². The van der Waals surface area contributed by atoms with E-state index in [0.717, 1.165) is 17.7 Å². The van der Waals surface area contributed by atoms with Gasteiger partial charge in [-0.1, -0.05) is 6.07 Å². The zero-order valence-electron chi connectivity index (χ0n) is 8.05. The third-order valence-corrected chi connectivity index (χ3v) is 1.87. The standard InChI is InChI=1S/C10H15FN2/c1-13(2)7-8-3-4-10(11)5-9(8)6-12/h3-5H,6-7,12H2,1-2H3. The van der Waals surface area contributed by atoms with Gasteiger partial charge in [-0.05, 0) is 37.4 Å². The minimum absolute atomic E-state index is 0.219. The van der Waals surface area contributed by atoms with Crippen molar-refractivity contribution >= 4 is 0 Å². The van der Waals surface area contributed by atoms with Gasteiger partial charge in [-0.3, -0.25) is 0 Å². The topological polar surface area (TPSA) is 29.3 Å².